The lowest BCUT2D eigenvalue weighted by Crippen LogP contribution is -2.48. The van der Waals surface area contributed by atoms with Crippen LogP contribution in [0.4, 0.5) is 10.2 Å². The molecule has 0 spiro atoms. The molecule has 0 radical (unpaired) electrons. The van der Waals surface area contributed by atoms with Crippen molar-refractivity contribution in [3.8, 4) is 5.75 Å². The molecule has 11 nitrogen and oxygen atoms in total. The quantitative estimate of drug-likeness (QED) is 0.299. The number of hydrogen-bond donors (Lipinski definition) is 3. The number of aliphatic hydroxyl groups excluding tert-OH is 1. The first-order chi connectivity index (χ1) is 16.8. The number of thioether (sulfide) groups is 1. The van der Waals surface area contributed by atoms with Gasteiger partial charge in [0.05, 0.1) is 18.0 Å². The van der Waals surface area contributed by atoms with Crippen molar-refractivity contribution in [2.75, 3.05) is 12.3 Å². The van der Waals surface area contributed by atoms with Crippen molar-refractivity contribution in [1.29, 1.82) is 0 Å². The second kappa shape index (κ2) is 11.3. The van der Waals surface area contributed by atoms with Crippen LogP contribution < -0.4 is 21.0 Å². The van der Waals surface area contributed by atoms with Crippen LogP contribution in [0.3, 0.4) is 0 Å². The molecule has 0 bridgehead atoms. The molecule has 1 fully saturated rings. The summed E-state index contributed by atoms with van der Waals surface area (Å²) in [4.78, 5) is 28.3. The number of carbonyl (C=O) groups excluding carboxylic acids is 1. The number of nitrogens with one attached hydrogen (secondary N) is 1. The fourth-order valence-electron chi connectivity index (χ4n) is 3.31. The van der Waals surface area contributed by atoms with Gasteiger partial charge in [-0.2, -0.15) is 10.1 Å². The largest absolute Gasteiger partial charge is 0.462 e. The highest BCUT2D eigenvalue weighted by atomic mass is 32.2. The highest BCUT2D eigenvalue weighted by molar-refractivity contribution is 8.00. The Morgan fingerprint density at radius 1 is 1.33 bits per heavy atom. The summed E-state index contributed by atoms with van der Waals surface area (Å²) in [6.07, 6.45) is -2.51. The standard InChI is InChI=1S/C22H30FN4O7PS/c1-13(2)33-20(29)22(3,4)26-35(31,34-14-8-6-5-7-9-14)32-12-15-18(28)17(23)19(36-15)27-11-10-16(24)25-21(27)30/h5-11,13,15,17-19,28H,12H2,1-4H3,(H,26,31)(H2,24,25,30)/t15-,17+,18-,19?,35?/m1/s1. The molecule has 36 heavy (non-hydrogen) atoms. The number of carbonyl (C=O) groups is 1. The number of halogens is 1. The summed E-state index contributed by atoms with van der Waals surface area (Å²) in [5.74, 6) is -0.507. The summed E-state index contributed by atoms with van der Waals surface area (Å²) in [6.45, 7) is 5.83. The van der Waals surface area contributed by atoms with E-state index in [1.807, 2.05) is 0 Å². The Bertz CT molecular complexity index is 1170. The van der Waals surface area contributed by atoms with Crippen LogP contribution in [-0.4, -0.2) is 56.4 Å². The summed E-state index contributed by atoms with van der Waals surface area (Å²) in [6, 6.07) is 9.48. The zero-order chi connectivity index (χ0) is 26.7. The maximum atomic E-state index is 14.9. The lowest BCUT2D eigenvalue weighted by Gasteiger charge is -2.30. The molecule has 2 aromatic rings. The molecule has 0 amide bonds. The second-order valence-corrected chi connectivity index (χ2v) is 12.0. The molecule has 14 heteroatoms. The topological polar surface area (TPSA) is 155 Å². The first kappa shape index (κ1) is 28.1. The molecular weight excluding hydrogens is 514 g/mol. The predicted octanol–water partition coefficient (Wildman–Crippen LogP) is 2.66. The predicted molar refractivity (Wildman–Crippen MR) is 133 cm³/mol. The number of aliphatic hydroxyl groups is 1. The number of anilines is 1. The summed E-state index contributed by atoms with van der Waals surface area (Å²) in [5, 5.41) is 11.1. The monoisotopic (exact) mass is 544 g/mol. The first-order valence-corrected chi connectivity index (χ1v) is 13.6. The molecule has 5 atom stereocenters. The van der Waals surface area contributed by atoms with Gasteiger partial charge >= 0.3 is 19.4 Å². The summed E-state index contributed by atoms with van der Waals surface area (Å²) >= 11 is 0.916. The fraction of sp³-hybridized carbons (Fsp3) is 0.500. The number of nitrogen functional groups attached to an aromatic ring is 1. The summed E-state index contributed by atoms with van der Waals surface area (Å²) in [7, 11) is -4.26. The van der Waals surface area contributed by atoms with Gasteiger partial charge in [0.25, 0.3) is 0 Å². The van der Waals surface area contributed by atoms with Crippen molar-refractivity contribution in [1.82, 2.24) is 14.6 Å². The number of benzene rings is 1. The van der Waals surface area contributed by atoms with Crippen LogP contribution in [0.2, 0.25) is 0 Å². The molecule has 1 saturated heterocycles. The Hall–Kier alpha value is -2.44. The highest BCUT2D eigenvalue weighted by Gasteiger charge is 2.47. The van der Waals surface area contributed by atoms with Gasteiger partial charge < -0.3 is 20.1 Å². The molecule has 0 saturated carbocycles. The van der Waals surface area contributed by atoms with Crippen molar-refractivity contribution in [3.63, 3.8) is 0 Å². The van der Waals surface area contributed by atoms with Gasteiger partial charge in [0.2, 0.25) is 0 Å². The third-order valence-electron chi connectivity index (χ3n) is 5.07. The van der Waals surface area contributed by atoms with E-state index in [2.05, 4.69) is 10.1 Å². The Kier molecular flexibility index (Phi) is 8.84. The van der Waals surface area contributed by atoms with Gasteiger partial charge in [0.1, 0.15) is 28.6 Å². The van der Waals surface area contributed by atoms with E-state index in [0.717, 1.165) is 16.3 Å². The summed E-state index contributed by atoms with van der Waals surface area (Å²) in [5.41, 5.74) is 3.24. The van der Waals surface area contributed by atoms with Crippen molar-refractivity contribution in [2.45, 2.75) is 62.2 Å². The molecule has 1 aliphatic rings. The first-order valence-electron chi connectivity index (χ1n) is 11.1. The number of para-hydroxylation sites is 1. The van der Waals surface area contributed by atoms with Crippen LogP contribution in [0.15, 0.2) is 47.4 Å². The molecule has 4 N–H and O–H groups in total. The Balaban J connectivity index is 1.79. The van der Waals surface area contributed by atoms with E-state index < -0.39 is 60.6 Å². The van der Waals surface area contributed by atoms with Crippen molar-refractivity contribution >= 4 is 31.3 Å². The molecule has 0 aliphatic carbocycles. The maximum absolute atomic E-state index is 14.9. The molecule has 2 heterocycles. The minimum atomic E-state index is -4.26. The lowest BCUT2D eigenvalue weighted by molar-refractivity contribution is -0.153. The molecule has 3 rings (SSSR count). The van der Waals surface area contributed by atoms with E-state index in [9.17, 15) is 23.7 Å². The van der Waals surface area contributed by atoms with E-state index in [1.54, 1.807) is 44.2 Å². The van der Waals surface area contributed by atoms with Crippen LogP contribution >= 0.6 is 19.5 Å². The Morgan fingerprint density at radius 2 is 2.00 bits per heavy atom. The van der Waals surface area contributed by atoms with Gasteiger partial charge in [-0.25, -0.2) is 13.8 Å². The molecular formula is C22H30FN4O7PS. The number of esters is 1. The van der Waals surface area contributed by atoms with E-state index in [1.165, 1.54) is 26.1 Å². The van der Waals surface area contributed by atoms with Gasteiger partial charge in [-0.15, -0.1) is 11.8 Å². The van der Waals surface area contributed by atoms with Gasteiger partial charge in [-0.1, -0.05) is 18.2 Å². The fourth-order valence-corrected chi connectivity index (χ4v) is 6.52. The van der Waals surface area contributed by atoms with E-state index in [-0.39, 0.29) is 11.6 Å². The van der Waals surface area contributed by atoms with E-state index >= 15 is 0 Å². The average molecular weight is 545 g/mol. The number of nitrogens with two attached hydrogens (primary N) is 1. The van der Waals surface area contributed by atoms with Crippen molar-refractivity contribution in [2.24, 2.45) is 0 Å². The normalized spacial score (nSPS) is 23.9. The van der Waals surface area contributed by atoms with Gasteiger partial charge in [0, 0.05) is 6.20 Å². The number of nitrogens with zero attached hydrogens (tertiary/aromatic N) is 2. The number of alkyl halides is 1. The van der Waals surface area contributed by atoms with Gasteiger partial charge in [0.15, 0.2) is 6.17 Å². The van der Waals surface area contributed by atoms with E-state index in [4.69, 9.17) is 19.5 Å². The summed E-state index contributed by atoms with van der Waals surface area (Å²) < 4.78 is 46.2. The van der Waals surface area contributed by atoms with Gasteiger partial charge in [-0.3, -0.25) is 13.9 Å². The zero-order valence-electron chi connectivity index (χ0n) is 20.2. The van der Waals surface area contributed by atoms with Crippen LogP contribution in [0.1, 0.15) is 33.1 Å². The third-order valence-corrected chi connectivity index (χ3v) is 8.37. The Labute approximate surface area is 212 Å². The number of ether oxygens (including phenoxy) is 1. The third kappa shape index (κ3) is 6.86. The SMILES string of the molecule is CC(C)OC(=O)C(C)(C)NP(=O)(OC[C@H]1SC(n2ccc(N)nc2=O)[C@@H](F)[C@@H]1O)Oc1ccccc1. The minimum absolute atomic E-state index is 0.0150. The van der Waals surface area contributed by atoms with Crippen LogP contribution in [0, 0.1) is 0 Å². The van der Waals surface area contributed by atoms with Crippen molar-refractivity contribution < 1.29 is 32.6 Å². The molecule has 198 valence electrons. The number of aromatic nitrogens is 2. The maximum Gasteiger partial charge on any atom is 0.459 e. The van der Waals surface area contributed by atoms with E-state index in [0.29, 0.717) is 0 Å². The number of hydrogen-bond acceptors (Lipinski definition) is 10. The van der Waals surface area contributed by atoms with Crippen molar-refractivity contribution in [3.05, 3.63) is 53.1 Å². The number of rotatable bonds is 10. The van der Waals surface area contributed by atoms with Gasteiger partial charge in [-0.05, 0) is 45.9 Å². The molecule has 1 aromatic carbocycles. The smallest absolute Gasteiger partial charge is 0.459 e. The highest BCUT2D eigenvalue weighted by Crippen LogP contribution is 2.49. The lowest BCUT2D eigenvalue weighted by atomic mass is 10.1. The molecule has 1 aromatic heterocycles. The molecule has 2 unspecified atom stereocenters. The average Bonchev–Trinajstić information content (AvgIpc) is 3.06. The molecule has 1 aliphatic heterocycles. The van der Waals surface area contributed by atoms with Crippen LogP contribution in [0.5, 0.6) is 5.75 Å². The second-order valence-electron chi connectivity index (χ2n) is 8.93. The van der Waals surface area contributed by atoms with Crippen LogP contribution in [0.25, 0.3) is 0 Å². The zero-order valence-corrected chi connectivity index (χ0v) is 21.9. The minimum Gasteiger partial charge on any atom is -0.462 e. The Morgan fingerprint density at radius 3 is 2.61 bits per heavy atom. The van der Waals surface area contributed by atoms with Crippen LogP contribution in [-0.2, 0) is 18.6 Å².